The van der Waals surface area contributed by atoms with Gasteiger partial charge in [0.05, 0.1) is 6.20 Å². The van der Waals surface area contributed by atoms with Crippen LogP contribution in [0.4, 0.5) is 14.7 Å². The summed E-state index contributed by atoms with van der Waals surface area (Å²) in [5.74, 6) is 0.436. The lowest BCUT2D eigenvalue weighted by Gasteiger charge is -2.04. The number of aromatic nitrogens is 4. The van der Waals surface area contributed by atoms with Crippen LogP contribution in [0.3, 0.4) is 0 Å². The number of nitrogens with zero attached hydrogens (tertiary/aromatic N) is 4. The highest BCUT2D eigenvalue weighted by molar-refractivity contribution is 5.59. The first-order valence-corrected chi connectivity index (χ1v) is 7.52. The van der Waals surface area contributed by atoms with Crippen molar-refractivity contribution in [2.45, 2.75) is 13.3 Å². The SMILES string of the molecule is Cc1ccc(-c2nc(N)nc3c(Cc4ccc(F)cc4F)cnn23)o1. The molecule has 6 nitrogen and oxygen atoms in total. The number of rotatable bonds is 3. The molecule has 0 unspecified atom stereocenters. The van der Waals surface area contributed by atoms with Gasteiger partial charge in [0.2, 0.25) is 11.8 Å². The highest BCUT2D eigenvalue weighted by Crippen LogP contribution is 2.24. The Morgan fingerprint density at radius 2 is 1.96 bits per heavy atom. The Morgan fingerprint density at radius 1 is 1.12 bits per heavy atom. The van der Waals surface area contributed by atoms with E-state index < -0.39 is 11.6 Å². The molecule has 0 saturated heterocycles. The molecule has 0 saturated carbocycles. The van der Waals surface area contributed by atoms with E-state index >= 15 is 0 Å². The molecular formula is C17H13F2N5O. The number of halogens is 2. The van der Waals surface area contributed by atoms with Crippen molar-refractivity contribution in [3.05, 3.63) is 65.1 Å². The van der Waals surface area contributed by atoms with Crippen molar-refractivity contribution < 1.29 is 13.2 Å². The lowest BCUT2D eigenvalue weighted by atomic mass is 10.1. The smallest absolute Gasteiger partial charge is 0.224 e. The van der Waals surface area contributed by atoms with Gasteiger partial charge < -0.3 is 10.2 Å². The maximum absolute atomic E-state index is 13.9. The van der Waals surface area contributed by atoms with Crippen LogP contribution in [-0.4, -0.2) is 19.6 Å². The normalized spacial score (nSPS) is 11.3. The van der Waals surface area contributed by atoms with Gasteiger partial charge in [-0.1, -0.05) is 6.07 Å². The Kier molecular flexibility index (Phi) is 3.45. The number of nitrogen functional groups attached to an aromatic ring is 1. The first-order valence-electron chi connectivity index (χ1n) is 7.52. The Hall–Kier alpha value is -3.29. The number of benzene rings is 1. The third-order valence-corrected chi connectivity index (χ3v) is 3.82. The average Bonchev–Trinajstić information content (AvgIpc) is 3.16. The van der Waals surface area contributed by atoms with Crippen LogP contribution in [0.1, 0.15) is 16.9 Å². The highest BCUT2D eigenvalue weighted by atomic mass is 19.1. The number of aryl methyl sites for hydroxylation is 1. The largest absolute Gasteiger partial charge is 0.458 e. The van der Waals surface area contributed by atoms with Crippen LogP contribution in [0.5, 0.6) is 0 Å². The van der Waals surface area contributed by atoms with Crippen molar-refractivity contribution in [2.24, 2.45) is 0 Å². The van der Waals surface area contributed by atoms with E-state index in [4.69, 9.17) is 10.2 Å². The topological polar surface area (TPSA) is 82.2 Å². The molecule has 0 amide bonds. The molecule has 3 heterocycles. The van der Waals surface area contributed by atoms with Gasteiger partial charge in [-0.3, -0.25) is 0 Å². The predicted octanol–water partition coefficient (Wildman–Crippen LogP) is 3.14. The summed E-state index contributed by atoms with van der Waals surface area (Å²) in [5.41, 5.74) is 7.24. The molecule has 0 atom stereocenters. The van der Waals surface area contributed by atoms with E-state index in [0.717, 1.165) is 11.8 Å². The fourth-order valence-electron chi connectivity index (χ4n) is 2.65. The van der Waals surface area contributed by atoms with Gasteiger partial charge in [-0.2, -0.15) is 19.6 Å². The fourth-order valence-corrected chi connectivity index (χ4v) is 2.65. The average molecular weight is 341 g/mol. The van der Waals surface area contributed by atoms with E-state index in [9.17, 15) is 8.78 Å². The third kappa shape index (κ3) is 2.71. The van der Waals surface area contributed by atoms with Gasteiger partial charge in [0.1, 0.15) is 17.4 Å². The molecule has 0 aliphatic heterocycles. The molecule has 0 fully saturated rings. The van der Waals surface area contributed by atoms with Crippen molar-refractivity contribution in [3.63, 3.8) is 0 Å². The number of fused-ring (bicyclic) bond motifs is 1. The first kappa shape index (κ1) is 15.3. The summed E-state index contributed by atoms with van der Waals surface area (Å²) in [6.45, 7) is 1.82. The van der Waals surface area contributed by atoms with Gasteiger partial charge >= 0.3 is 0 Å². The van der Waals surface area contributed by atoms with Gasteiger partial charge in [-0.05, 0) is 30.7 Å². The third-order valence-electron chi connectivity index (χ3n) is 3.82. The Balaban J connectivity index is 1.83. The van der Waals surface area contributed by atoms with Crippen LogP contribution in [0.25, 0.3) is 17.2 Å². The van der Waals surface area contributed by atoms with Gasteiger partial charge in [0, 0.05) is 18.1 Å². The highest BCUT2D eigenvalue weighted by Gasteiger charge is 2.17. The van der Waals surface area contributed by atoms with Crippen molar-refractivity contribution >= 4 is 11.6 Å². The van der Waals surface area contributed by atoms with E-state index in [-0.39, 0.29) is 12.4 Å². The molecule has 4 rings (SSSR count). The van der Waals surface area contributed by atoms with Crippen LogP contribution >= 0.6 is 0 Å². The summed E-state index contributed by atoms with van der Waals surface area (Å²) in [4.78, 5) is 8.39. The van der Waals surface area contributed by atoms with E-state index in [1.807, 2.05) is 6.92 Å². The van der Waals surface area contributed by atoms with E-state index in [1.54, 1.807) is 18.3 Å². The van der Waals surface area contributed by atoms with Crippen LogP contribution in [0.2, 0.25) is 0 Å². The summed E-state index contributed by atoms with van der Waals surface area (Å²) in [6, 6.07) is 7.02. The minimum atomic E-state index is -0.622. The summed E-state index contributed by atoms with van der Waals surface area (Å²) < 4.78 is 34.1. The minimum Gasteiger partial charge on any atom is -0.458 e. The monoisotopic (exact) mass is 341 g/mol. The zero-order chi connectivity index (χ0) is 17.6. The second-order valence-corrected chi connectivity index (χ2v) is 5.63. The maximum atomic E-state index is 13.9. The summed E-state index contributed by atoms with van der Waals surface area (Å²) in [7, 11) is 0. The zero-order valence-corrected chi connectivity index (χ0v) is 13.2. The molecule has 4 aromatic rings. The molecule has 0 spiro atoms. The molecular weight excluding hydrogens is 328 g/mol. The zero-order valence-electron chi connectivity index (χ0n) is 13.2. The van der Waals surface area contributed by atoms with E-state index in [2.05, 4.69) is 15.1 Å². The van der Waals surface area contributed by atoms with Crippen LogP contribution < -0.4 is 5.73 Å². The predicted molar refractivity (Wildman–Crippen MR) is 86.8 cm³/mol. The Labute approximate surface area is 140 Å². The lowest BCUT2D eigenvalue weighted by Crippen LogP contribution is -2.05. The molecule has 2 N–H and O–H groups in total. The molecule has 1 aromatic carbocycles. The number of nitrogens with two attached hydrogens (primary N) is 1. The summed E-state index contributed by atoms with van der Waals surface area (Å²) in [5, 5.41) is 4.27. The standard InChI is InChI=1S/C17H13F2N5O/c1-9-2-5-14(25-9)16-23-17(20)22-15-11(8-21-24(15)16)6-10-3-4-12(18)7-13(10)19/h2-5,7-8H,6H2,1H3,(H2,20,22). The molecule has 8 heteroatoms. The molecule has 0 radical (unpaired) electrons. The van der Waals surface area contributed by atoms with Crippen LogP contribution in [0, 0.1) is 18.6 Å². The Bertz CT molecular complexity index is 1090. The number of anilines is 1. The van der Waals surface area contributed by atoms with Crippen molar-refractivity contribution in [1.29, 1.82) is 0 Å². The lowest BCUT2D eigenvalue weighted by molar-refractivity contribution is 0.541. The van der Waals surface area contributed by atoms with Crippen molar-refractivity contribution in [1.82, 2.24) is 19.6 Å². The van der Waals surface area contributed by atoms with Gasteiger partial charge in [0.15, 0.2) is 11.4 Å². The number of furan rings is 1. The molecule has 3 aromatic heterocycles. The number of hydrogen-bond donors (Lipinski definition) is 1. The van der Waals surface area contributed by atoms with Crippen molar-refractivity contribution in [3.8, 4) is 11.6 Å². The molecule has 126 valence electrons. The minimum absolute atomic E-state index is 0.0536. The molecule has 0 aliphatic rings. The summed E-state index contributed by atoms with van der Waals surface area (Å²) in [6.07, 6.45) is 1.76. The second kappa shape index (κ2) is 5.66. The molecule has 0 bridgehead atoms. The van der Waals surface area contributed by atoms with Crippen LogP contribution in [0.15, 0.2) is 40.9 Å². The molecule has 25 heavy (non-hydrogen) atoms. The van der Waals surface area contributed by atoms with Crippen LogP contribution in [-0.2, 0) is 6.42 Å². The van der Waals surface area contributed by atoms with Gasteiger partial charge in [-0.25, -0.2) is 8.78 Å². The van der Waals surface area contributed by atoms with E-state index in [1.165, 1.54) is 16.6 Å². The fraction of sp³-hybridized carbons (Fsp3) is 0.118. The number of hydrogen-bond acceptors (Lipinski definition) is 5. The van der Waals surface area contributed by atoms with Gasteiger partial charge in [-0.15, -0.1) is 0 Å². The maximum Gasteiger partial charge on any atom is 0.224 e. The van der Waals surface area contributed by atoms with Crippen molar-refractivity contribution in [2.75, 3.05) is 5.73 Å². The Morgan fingerprint density at radius 3 is 2.68 bits per heavy atom. The van der Waals surface area contributed by atoms with Gasteiger partial charge in [0.25, 0.3) is 0 Å². The van der Waals surface area contributed by atoms with E-state index in [0.29, 0.717) is 28.4 Å². The second-order valence-electron chi connectivity index (χ2n) is 5.63. The quantitative estimate of drug-likeness (QED) is 0.619. The molecule has 0 aliphatic carbocycles. The first-order chi connectivity index (χ1) is 12.0. The summed E-state index contributed by atoms with van der Waals surface area (Å²) >= 11 is 0.